The first-order valence-electron chi connectivity index (χ1n) is 8.64. The number of hydrogen-bond acceptors (Lipinski definition) is 5. The van der Waals surface area contributed by atoms with Gasteiger partial charge in [0.15, 0.2) is 6.61 Å². The van der Waals surface area contributed by atoms with Gasteiger partial charge in [0.25, 0.3) is 0 Å². The van der Waals surface area contributed by atoms with Crippen molar-refractivity contribution in [2.24, 2.45) is 5.92 Å². The van der Waals surface area contributed by atoms with E-state index in [1.54, 1.807) is 24.3 Å². The molecule has 7 nitrogen and oxygen atoms in total. The van der Waals surface area contributed by atoms with Crippen LogP contribution in [0.2, 0.25) is 0 Å². The molecule has 1 aliphatic carbocycles. The van der Waals surface area contributed by atoms with Gasteiger partial charge in [-0.15, -0.1) is 0 Å². The summed E-state index contributed by atoms with van der Waals surface area (Å²) in [6, 6.07) is 7.07. The number of rotatable bonds is 7. The molecule has 1 aromatic carbocycles. The van der Waals surface area contributed by atoms with E-state index < -0.39 is 0 Å². The molecule has 0 unspecified atom stereocenters. The van der Waals surface area contributed by atoms with Crippen LogP contribution < -0.4 is 15.4 Å². The number of carbonyl (C=O) groups excluding carboxylic acids is 1. The first-order chi connectivity index (χ1) is 12.0. The summed E-state index contributed by atoms with van der Waals surface area (Å²) in [6.45, 7) is 6.37. The molecule has 0 radical (unpaired) electrons. The molecule has 1 saturated carbocycles. The molecule has 7 heteroatoms. The van der Waals surface area contributed by atoms with Gasteiger partial charge in [0.2, 0.25) is 11.7 Å². The van der Waals surface area contributed by atoms with E-state index in [4.69, 9.17) is 9.26 Å². The van der Waals surface area contributed by atoms with Crippen LogP contribution in [0.4, 0.5) is 10.5 Å². The van der Waals surface area contributed by atoms with E-state index >= 15 is 0 Å². The number of ether oxygens (including phenoxy) is 1. The zero-order valence-electron chi connectivity index (χ0n) is 14.8. The lowest BCUT2D eigenvalue weighted by molar-refractivity contribution is 0.246. The Labute approximate surface area is 147 Å². The van der Waals surface area contributed by atoms with Crippen LogP contribution in [0.15, 0.2) is 28.8 Å². The third kappa shape index (κ3) is 4.95. The van der Waals surface area contributed by atoms with Gasteiger partial charge in [0.05, 0.1) is 0 Å². The number of urea groups is 1. The predicted octanol–water partition coefficient (Wildman–Crippen LogP) is 3.69. The summed E-state index contributed by atoms with van der Waals surface area (Å²) in [5.74, 6) is 2.76. The van der Waals surface area contributed by atoms with Gasteiger partial charge < -0.3 is 19.9 Å². The summed E-state index contributed by atoms with van der Waals surface area (Å²) < 4.78 is 10.8. The van der Waals surface area contributed by atoms with Crippen LogP contribution in [0.25, 0.3) is 0 Å². The molecule has 2 aromatic rings. The summed E-state index contributed by atoms with van der Waals surface area (Å²) in [4.78, 5) is 16.2. The largest absolute Gasteiger partial charge is 0.485 e. The molecule has 0 spiro atoms. The molecule has 1 atom stereocenters. The van der Waals surface area contributed by atoms with Gasteiger partial charge in [-0.25, -0.2) is 4.79 Å². The SMILES string of the molecule is CC(C)[C@H](C)NC(=O)Nc1ccc(OCc2noc(C3CC3)n2)cc1. The van der Waals surface area contributed by atoms with Gasteiger partial charge in [-0.3, -0.25) is 0 Å². The molecule has 2 N–H and O–H groups in total. The Hall–Kier alpha value is -2.57. The fourth-order valence-electron chi connectivity index (χ4n) is 2.15. The van der Waals surface area contributed by atoms with Crippen molar-refractivity contribution >= 4 is 11.7 Å². The van der Waals surface area contributed by atoms with Crippen molar-refractivity contribution in [2.45, 2.75) is 52.2 Å². The highest BCUT2D eigenvalue weighted by atomic mass is 16.5. The van der Waals surface area contributed by atoms with E-state index in [2.05, 4.69) is 34.6 Å². The zero-order chi connectivity index (χ0) is 17.8. The number of aromatic nitrogens is 2. The topological polar surface area (TPSA) is 89.3 Å². The quantitative estimate of drug-likeness (QED) is 0.799. The van der Waals surface area contributed by atoms with E-state index in [1.165, 1.54) is 0 Å². The Morgan fingerprint density at radius 3 is 2.64 bits per heavy atom. The van der Waals surface area contributed by atoms with Crippen molar-refractivity contribution in [2.75, 3.05) is 5.32 Å². The van der Waals surface area contributed by atoms with Crippen molar-refractivity contribution in [1.82, 2.24) is 15.5 Å². The van der Waals surface area contributed by atoms with Crippen molar-refractivity contribution in [3.63, 3.8) is 0 Å². The van der Waals surface area contributed by atoms with E-state index in [-0.39, 0.29) is 18.7 Å². The minimum Gasteiger partial charge on any atom is -0.485 e. The zero-order valence-corrected chi connectivity index (χ0v) is 14.8. The second-order valence-electron chi connectivity index (χ2n) is 6.77. The van der Waals surface area contributed by atoms with Gasteiger partial charge in [0.1, 0.15) is 5.75 Å². The monoisotopic (exact) mass is 344 g/mol. The third-order valence-electron chi connectivity index (χ3n) is 4.25. The second-order valence-corrected chi connectivity index (χ2v) is 6.77. The molecule has 0 bridgehead atoms. The average molecular weight is 344 g/mol. The van der Waals surface area contributed by atoms with Crippen LogP contribution in [0.3, 0.4) is 0 Å². The molecular formula is C18H24N4O3. The molecule has 25 heavy (non-hydrogen) atoms. The number of amides is 2. The van der Waals surface area contributed by atoms with Gasteiger partial charge in [-0.2, -0.15) is 4.98 Å². The van der Waals surface area contributed by atoms with Crippen molar-refractivity contribution < 1.29 is 14.1 Å². The lowest BCUT2D eigenvalue weighted by Gasteiger charge is -2.17. The Balaban J connectivity index is 1.47. The number of anilines is 1. The maximum atomic E-state index is 11.9. The number of benzene rings is 1. The highest BCUT2D eigenvalue weighted by molar-refractivity contribution is 5.89. The maximum Gasteiger partial charge on any atom is 0.319 e. The Kier molecular flexibility index (Phi) is 5.21. The number of hydrogen-bond donors (Lipinski definition) is 2. The normalized spacial score (nSPS) is 15.0. The first kappa shape index (κ1) is 17.3. The first-order valence-corrected chi connectivity index (χ1v) is 8.64. The van der Waals surface area contributed by atoms with Crippen LogP contribution in [-0.2, 0) is 6.61 Å². The molecule has 0 aliphatic heterocycles. The summed E-state index contributed by atoms with van der Waals surface area (Å²) >= 11 is 0. The van der Waals surface area contributed by atoms with Gasteiger partial charge in [-0.05, 0) is 49.9 Å². The summed E-state index contributed by atoms with van der Waals surface area (Å²) in [5, 5.41) is 9.62. The lowest BCUT2D eigenvalue weighted by atomic mass is 10.1. The molecule has 1 heterocycles. The third-order valence-corrected chi connectivity index (χ3v) is 4.25. The minimum absolute atomic E-state index is 0.109. The van der Waals surface area contributed by atoms with Crippen LogP contribution in [0, 0.1) is 5.92 Å². The molecule has 134 valence electrons. The molecule has 1 aromatic heterocycles. The van der Waals surface area contributed by atoms with E-state index in [9.17, 15) is 4.79 Å². The average Bonchev–Trinajstić information content (AvgIpc) is 3.32. The summed E-state index contributed by atoms with van der Waals surface area (Å²) in [5.41, 5.74) is 0.705. The Morgan fingerprint density at radius 1 is 1.28 bits per heavy atom. The smallest absolute Gasteiger partial charge is 0.319 e. The number of nitrogens with one attached hydrogen (secondary N) is 2. The number of nitrogens with zero attached hydrogens (tertiary/aromatic N) is 2. The number of carbonyl (C=O) groups is 1. The molecule has 1 aliphatic rings. The summed E-state index contributed by atoms with van der Waals surface area (Å²) in [7, 11) is 0. The standard InChI is InChI=1S/C18H24N4O3/c1-11(2)12(3)19-18(23)20-14-6-8-15(9-7-14)24-10-16-21-17(25-22-16)13-4-5-13/h6-9,11-13H,4-5,10H2,1-3H3,(H2,19,20,23)/t12-/m0/s1. The minimum atomic E-state index is -0.214. The van der Waals surface area contributed by atoms with Crippen molar-refractivity contribution in [3.8, 4) is 5.75 Å². The molecule has 3 rings (SSSR count). The lowest BCUT2D eigenvalue weighted by Crippen LogP contribution is -2.38. The Bertz CT molecular complexity index is 707. The fraction of sp³-hybridized carbons (Fsp3) is 0.500. The van der Waals surface area contributed by atoms with Crippen LogP contribution in [0.1, 0.15) is 51.2 Å². The van der Waals surface area contributed by atoms with Crippen LogP contribution in [-0.4, -0.2) is 22.2 Å². The second kappa shape index (κ2) is 7.55. The highest BCUT2D eigenvalue weighted by Crippen LogP contribution is 2.38. The van der Waals surface area contributed by atoms with Crippen LogP contribution in [0.5, 0.6) is 5.75 Å². The highest BCUT2D eigenvalue weighted by Gasteiger charge is 2.29. The van der Waals surface area contributed by atoms with E-state index in [0.29, 0.717) is 35.0 Å². The van der Waals surface area contributed by atoms with E-state index in [0.717, 1.165) is 12.8 Å². The summed E-state index contributed by atoms with van der Waals surface area (Å²) in [6.07, 6.45) is 2.25. The van der Waals surface area contributed by atoms with Crippen molar-refractivity contribution in [3.05, 3.63) is 36.0 Å². The molecular weight excluding hydrogens is 320 g/mol. The van der Waals surface area contributed by atoms with Crippen molar-refractivity contribution in [1.29, 1.82) is 0 Å². The fourth-order valence-corrected chi connectivity index (χ4v) is 2.15. The van der Waals surface area contributed by atoms with Crippen LogP contribution >= 0.6 is 0 Å². The van der Waals surface area contributed by atoms with Gasteiger partial charge >= 0.3 is 6.03 Å². The van der Waals surface area contributed by atoms with Gasteiger partial charge in [-0.1, -0.05) is 19.0 Å². The van der Waals surface area contributed by atoms with Gasteiger partial charge in [0, 0.05) is 17.6 Å². The molecule has 0 saturated heterocycles. The maximum absolute atomic E-state index is 11.9. The van der Waals surface area contributed by atoms with E-state index in [1.807, 2.05) is 6.92 Å². The molecule has 2 amide bonds. The predicted molar refractivity (Wildman–Crippen MR) is 93.5 cm³/mol. The Morgan fingerprint density at radius 2 is 2.00 bits per heavy atom. The molecule has 1 fully saturated rings.